The van der Waals surface area contributed by atoms with Crippen molar-refractivity contribution in [3.63, 3.8) is 0 Å². The highest BCUT2D eigenvalue weighted by molar-refractivity contribution is 7.16. The molecule has 0 fully saturated rings. The summed E-state index contributed by atoms with van der Waals surface area (Å²) in [6.45, 7) is 6.89. The number of fused-ring (bicyclic) bond motifs is 1. The Labute approximate surface area is 296 Å². The van der Waals surface area contributed by atoms with E-state index in [-0.39, 0.29) is 21.9 Å². The molecule has 7 nitrogen and oxygen atoms in total. The fourth-order valence-corrected chi connectivity index (χ4v) is 8.08. The highest BCUT2D eigenvalue weighted by Crippen LogP contribution is 2.46. The number of benzene rings is 4. The first-order valence-corrected chi connectivity index (χ1v) is 17.7. The topological polar surface area (TPSA) is 89.5 Å². The second kappa shape index (κ2) is 13.7. The van der Waals surface area contributed by atoms with Crippen LogP contribution in [0.3, 0.4) is 0 Å². The zero-order valence-electron chi connectivity index (χ0n) is 28.3. The molecule has 7 rings (SSSR count). The van der Waals surface area contributed by atoms with E-state index in [0.717, 1.165) is 64.3 Å². The van der Waals surface area contributed by atoms with E-state index in [1.807, 2.05) is 72.9 Å². The number of carbonyl (C=O) groups is 1. The van der Waals surface area contributed by atoms with Crippen LogP contribution in [-0.2, 0) is 12.8 Å². The van der Waals surface area contributed by atoms with Crippen LogP contribution in [0.15, 0.2) is 126 Å². The Kier molecular flexibility index (Phi) is 9.04. The van der Waals surface area contributed by atoms with Crippen LogP contribution in [0.25, 0.3) is 28.2 Å². The first-order chi connectivity index (χ1) is 24.2. The maximum Gasteiger partial charge on any atom is 0.269 e. The molecule has 1 aliphatic rings. The summed E-state index contributed by atoms with van der Waals surface area (Å²) >= 11 is 1.62. The quantitative estimate of drug-likeness (QED) is 0.0987. The maximum absolute atomic E-state index is 14.0. The molecule has 1 N–H and O–H groups in total. The number of non-ortho nitro benzene ring substituents is 1. The normalized spacial score (nSPS) is 14.4. The van der Waals surface area contributed by atoms with Gasteiger partial charge in [-0.1, -0.05) is 99.6 Å². The number of amides is 1. The number of nitrogens with zero attached hydrogens (tertiary/aromatic N) is 3. The van der Waals surface area contributed by atoms with Gasteiger partial charge in [0.1, 0.15) is 5.00 Å². The van der Waals surface area contributed by atoms with Crippen molar-refractivity contribution in [2.75, 3.05) is 5.32 Å². The first kappa shape index (κ1) is 32.9. The van der Waals surface area contributed by atoms with E-state index in [9.17, 15) is 14.9 Å². The van der Waals surface area contributed by atoms with Gasteiger partial charge in [0.25, 0.3) is 11.6 Å². The van der Waals surface area contributed by atoms with Crippen molar-refractivity contribution in [3.8, 4) is 28.2 Å². The minimum absolute atomic E-state index is 0.0295. The number of nitro groups is 1. The van der Waals surface area contributed by atoms with Crippen molar-refractivity contribution in [2.24, 2.45) is 16.3 Å². The van der Waals surface area contributed by atoms with Crippen LogP contribution >= 0.6 is 11.3 Å². The molecule has 1 aliphatic carbocycles. The summed E-state index contributed by atoms with van der Waals surface area (Å²) < 4.78 is 2.13. The summed E-state index contributed by atoms with van der Waals surface area (Å²) in [5.74, 6) is 0.371. The minimum Gasteiger partial charge on any atom is -0.322 e. The van der Waals surface area contributed by atoms with Crippen molar-refractivity contribution >= 4 is 39.8 Å². The fraction of sp³-hybridized carbons (Fsp3) is 0.190. The molecule has 250 valence electrons. The van der Waals surface area contributed by atoms with Crippen LogP contribution in [-0.4, -0.2) is 21.6 Å². The molecule has 2 aromatic heterocycles. The Morgan fingerprint density at radius 2 is 1.52 bits per heavy atom. The summed E-state index contributed by atoms with van der Waals surface area (Å²) in [7, 11) is 0. The van der Waals surface area contributed by atoms with E-state index < -0.39 is 0 Å². The van der Waals surface area contributed by atoms with Crippen LogP contribution in [0.5, 0.6) is 0 Å². The smallest absolute Gasteiger partial charge is 0.269 e. The standard InChI is InChI=1S/C42H38N4O3S/c1-42(2,3)31-19-24-35-37(26-31)50-41(38(35)40(47)44-32-17-11-6-12-18-32)43-27-30-25-36(28-13-7-4-8-14-28)45(39(30)29-15-9-5-10-16-29)33-20-22-34(23-21-33)46(48)49/h4-18,20-23,25,27,31H,19,24,26H2,1-3H3,(H,44,47)/t31-/m0/s1. The van der Waals surface area contributed by atoms with E-state index in [4.69, 9.17) is 4.99 Å². The Morgan fingerprint density at radius 1 is 0.900 bits per heavy atom. The van der Waals surface area contributed by atoms with Gasteiger partial charge >= 0.3 is 0 Å². The van der Waals surface area contributed by atoms with Gasteiger partial charge in [0.05, 0.1) is 21.9 Å². The molecule has 0 bridgehead atoms. The third-order valence-corrected chi connectivity index (χ3v) is 10.7. The van der Waals surface area contributed by atoms with Crippen molar-refractivity contribution in [1.82, 2.24) is 4.57 Å². The Bertz CT molecular complexity index is 2180. The lowest BCUT2D eigenvalue weighted by Gasteiger charge is -2.33. The van der Waals surface area contributed by atoms with Crippen molar-refractivity contribution in [2.45, 2.75) is 40.0 Å². The van der Waals surface area contributed by atoms with Gasteiger partial charge in [0, 0.05) is 40.2 Å². The number of aliphatic imine (C=N–C) groups is 1. The number of rotatable bonds is 8. The third kappa shape index (κ3) is 6.67. The van der Waals surface area contributed by atoms with E-state index in [1.54, 1.807) is 23.5 Å². The van der Waals surface area contributed by atoms with Gasteiger partial charge in [-0.2, -0.15) is 0 Å². The highest BCUT2D eigenvalue weighted by Gasteiger charge is 2.34. The molecular formula is C42H38N4O3S. The van der Waals surface area contributed by atoms with Crippen LogP contribution in [0.1, 0.15) is 53.6 Å². The molecule has 8 heteroatoms. The molecule has 0 spiro atoms. The Hall–Kier alpha value is -5.60. The summed E-state index contributed by atoms with van der Waals surface area (Å²) in [4.78, 5) is 31.5. The Balaban J connectivity index is 1.39. The molecular weight excluding hydrogens is 641 g/mol. The predicted molar refractivity (Wildman–Crippen MR) is 204 cm³/mol. The molecule has 1 amide bonds. The fourth-order valence-electron chi connectivity index (χ4n) is 6.81. The van der Waals surface area contributed by atoms with Gasteiger partial charge < -0.3 is 9.88 Å². The molecule has 4 aromatic carbocycles. The van der Waals surface area contributed by atoms with Crippen LogP contribution in [0, 0.1) is 21.4 Å². The lowest BCUT2D eigenvalue weighted by Crippen LogP contribution is -2.27. The van der Waals surface area contributed by atoms with Gasteiger partial charge in [0.15, 0.2) is 0 Å². The molecule has 1 atom stereocenters. The molecule has 0 saturated carbocycles. The highest BCUT2D eigenvalue weighted by atomic mass is 32.1. The first-order valence-electron chi connectivity index (χ1n) is 16.8. The van der Waals surface area contributed by atoms with Gasteiger partial charge in [0.2, 0.25) is 0 Å². The van der Waals surface area contributed by atoms with E-state index in [1.165, 1.54) is 17.0 Å². The van der Waals surface area contributed by atoms with E-state index >= 15 is 0 Å². The predicted octanol–water partition coefficient (Wildman–Crippen LogP) is 10.9. The monoisotopic (exact) mass is 678 g/mol. The summed E-state index contributed by atoms with van der Waals surface area (Å²) in [5.41, 5.74) is 8.11. The summed E-state index contributed by atoms with van der Waals surface area (Å²) in [6.07, 6.45) is 4.66. The Morgan fingerprint density at radius 3 is 2.14 bits per heavy atom. The van der Waals surface area contributed by atoms with Crippen molar-refractivity contribution in [3.05, 3.63) is 153 Å². The number of carbonyl (C=O) groups excluding carboxylic acids is 1. The van der Waals surface area contributed by atoms with Gasteiger partial charge in [-0.3, -0.25) is 14.9 Å². The van der Waals surface area contributed by atoms with Gasteiger partial charge in [-0.25, -0.2) is 4.99 Å². The van der Waals surface area contributed by atoms with Crippen LogP contribution in [0.4, 0.5) is 16.4 Å². The molecule has 0 unspecified atom stereocenters. The number of thiophene rings is 1. The average Bonchev–Trinajstić information content (AvgIpc) is 3.70. The SMILES string of the molecule is CC(C)(C)[C@H]1CCc2c(sc(N=Cc3cc(-c4ccccc4)n(-c4ccc([N+](=O)[O-])cc4)c3-c3ccccc3)c2C(=O)Nc2ccccc2)C1. The number of hydrogen-bond acceptors (Lipinski definition) is 5. The molecule has 0 radical (unpaired) electrons. The van der Waals surface area contributed by atoms with Gasteiger partial charge in [-0.15, -0.1) is 11.3 Å². The third-order valence-electron chi connectivity index (χ3n) is 9.52. The summed E-state index contributed by atoms with van der Waals surface area (Å²) in [5, 5.41) is 15.3. The lowest BCUT2D eigenvalue weighted by molar-refractivity contribution is -0.384. The largest absolute Gasteiger partial charge is 0.322 e. The number of nitro benzene ring substituents is 1. The van der Waals surface area contributed by atoms with E-state index in [2.05, 4.69) is 61.0 Å². The van der Waals surface area contributed by atoms with Crippen molar-refractivity contribution < 1.29 is 9.72 Å². The minimum atomic E-state index is -0.385. The number of aromatic nitrogens is 1. The number of anilines is 1. The summed E-state index contributed by atoms with van der Waals surface area (Å²) in [6, 6.07) is 38.4. The average molecular weight is 679 g/mol. The molecule has 6 aromatic rings. The van der Waals surface area contributed by atoms with Gasteiger partial charge in [-0.05, 0) is 77.6 Å². The molecule has 2 heterocycles. The zero-order chi connectivity index (χ0) is 34.8. The molecule has 50 heavy (non-hydrogen) atoms. The maximum atomic E-state index is 14.0. The number of nitrogens with one attached hydrogen (secondary N) is 1. The van der Waals surface area contributed by atoms with Crippen molar-refractivity contribution in [1.29, 1.82) is 0 Å². The molecule has 0 aliphatic heterocycles. The number of hydrogen-bond donors (Lipinski definition) is 1. The lowest BCUT2D eigenvalue weighted by atomic mass is 9.72. The number of para-hydroxylation sites is 1. The van der Waals surface area contributed by atoms with Crippen LogP contribution in [0.2, 0.25) is 0 Å². The molecule has 0 saturated heterocycles. The zero-order valence-corrected chi connectivity index (χ0v) is 29.1. The second-order valence-electron chi connectivity index (χ2n) is 13.7. The van der Waals surface area contributed by atoms with Crippen LogP contribution < -0.4 is 5.32 Å². The second-order valence-corrected chi connectivity index (χ2v) is 14.8. The van der Waals surface area contributed by atoms with E-state index in [0.29, 0.717) is 16.5 Å².